The molecule has 1 unspecified atom stereocenters. The molecule has 0 aromatic carbocycles. The van der Waals surface area contributed by atoms with E-state index in [1.54, 1.807) is 0 Å². The number of nitrogen functional groups attached to an aromatic ring is 1. The zero-order valence-electron chi connectivity index (χ0n) is 11.4. The molecule has 0 amide bonds. The van der Waals surface area contributed by atoms with Crippen LogP contribution in [0, 0.1) is 5.92 Å². The van der Waals surface area contributed by atoms with Crippen molar-refractivity contribution < 1.29 is 0 Å². The van der Waals surface area contributed by atoms with Crippen molar-refractivity contribution in [1.29, 1.82) is 0 Å². The molecule has 2 N–H and O–H groups in total. The van der Waals surface area contributed by atoms with Gasteiger partial charge in [-0.3, -0.25) is 4.98 Å². The minimum Gasteiger partial charge on any atom is -0.368 e. The smallest absolute Gasteiger partial charge is 0.222 e. The first-order chi connectivity index (χ1) is 9.17. The highest BCUT2D eigenvalue weighted by Gasteiger charge is 2.23. The number of hydrogen-bond donors (Lipinski definition) is 1. The fraction of sp³-hybridized carbons (Fsp3) is 0.500. The first kappa shape index (κ1) is 12.1. The van der Waals surface area contributed by atoms with Gasteiger partial charge in [0.1, 0.15) is 5.52 Å². The molecular weight excluding hydrogens is 238 g/mol. The largest absolute Gasteiger partial charge is 0.368 e. The summed E-state index contributed by atoms with van der Waals surface area (Å²) in [6.07, 6.45) is 4.05. The van der Waals surface area contributed by atoms with Crippen molar-refractivity contribution in [1.82, 2.24) is 15.0 Å². The molecule has 1 aliphatic heterocycles. The molecule has 100 valence electrons. The zero-order chi connectivity index (χ0) is 13.4. The van der Waals surface area contributed by atoms with E-state index in [0.29, 0.717) is 11.9 Å². The maximum absolute atomic E-state index is 5.84. The lowest BCUT2D eigenvalue weighted by molar-refractivity contribution is 0.659. The Labute approximate surface area is 112 Å². The highest BCUT2D eigenvalue weighted by Crippen LogP contribution is 2.28. The van der Waals surface area contributed by atoms with Gasteiger partial charge in [-0.1, -0.05) is 13.8 Å². The predicted molar refractivity (Wildman–Crippen MR) is 77.1 cm³/mol. The molecule has 2 aromatic rings. The number of nitrogens with zero attached hydrogens (tertiary/aromatic N) is 4. The fourth-order valence-electron chi connectivity index (χ4n) is 2.60. The van der Waals surface area contributed by atoms with E-state index in [1.807, 2.05) is 6.20 Å². The summed E-state index contributed by atoms with van der Waals surface area (Å²) in [5, 5.41) is 0. The second kappa shape index (κ2) is 4.64. The summed E-state index contributed by atoms with van der Waals surface area (Å²) < 4.78 is 0. The summed E-state index contributed by atoms with van der Waals surface area (Å²) >= 11 is 0. The van der Waals surface area contributed by atoms with Gasteiger partial charge in [0.15, 0.2) is 5.82 Å². The number of pyridine rings is 1. The molecule has 1 saturated heterocycles. The summed E-state index contributed by atoms with van der Waals surface area (Å²) in [4.78, 5) is 15.5. The third-order valence-electron chi connectivity index (χ3n) is 3.72. The van der Waals surface area contributed by atoms with Crippen molar-refractivity contribution in [2.75, 3.05) is 23.7 Å². The summed E-state index contributed by atoms with van der Waals surface area (Å²) in [6.45, 7) is 6.40. The van der Waals surface area contributed by atoms with E-state index in [4.69, 9.17) is 5.73 Å². The van der Waals surface area contributed by atoms with Crippen LogP contribution in [-0.4, -0.2) is 28.0 Å². The van der Waals surface area contributed by atoms with Crippen LogP contribution >= 0.6 is 0 Å². The molecule has 1 atom stereocenters. The number of hydrogen-bond acceptors (Lipinski definition) is 5. The number of fused-ring (bicyclic) bond motifs is 1. The lowest BCUT2D eigenvalue weighted by Gasteiger charge is -2.18. The number of aromatic nitrogens is 3. The van der Waals surface area contributed by atoms with Crippen LogP contribution in [0.15, 0.2) is 12.3 Å². The van der Waals surface area contributed by atoms with Crippen molar-refractivity contribution in [2.24, 2.45) is 5.92 Å². The predicted octanol–water partition coefficient (Wildman–Crippen LogP) is 2.02. The molecule has 0 radical (unpaired) electrons. The van der Waals surface area contributed by atoms with E-state index in [9.17, 15) is 0 Å². The van der Waals surface area contributed by atoms with Crippen LogP contribution in [0.2, 0.25) is 0 Å². The van der Waals surface area contributed by atoms with Gasteiger partial charge in [-0.25, -0.2) is 4.98 Å². The third-order valence-corrected chi connectivity index (χ3v) is 3.72. The Bertz CT molecular complexity index is 610. The highest BCUT2D eigenvalue weighted by atomic mass is 15.2. The zero-order valence-corrected chi connectivity index (χ0v) is 11.4. The van der Waals surface area contributed by atoms with Crippen LogP contribution in [-0.2, 0) is 6.42 Å². The second-order valence-electron chi connectivity index (χ2n) is 5.31. The first-order valence-electron chi connectivity index (χ1n) is 6.84. The Morgan fingerprint density at radius 1 is 1.42 bits per heavy atom. The maximum Gasteiger partial charge on any atom is 0.222 e. The van der Waals surface area contributed by atoms with Gasteiger partial charge in [0, 0.05) is 19.3 Å². The number of nitrogens with two attached hydrogens (primary N) is 1. The molecule has 0 saturated carbocycles. The van der Waals surface area contributed by atoms with Gasteiger partial charge in [-0.15, -0.1) is 0 Å². The van der Waals surface area contributed by atoms with Gasteiger partial charge in [-0.05, 0) is 30.4 Å². The summed E-state index contributed by atoms with van der Waals surface area (Å²) in [5.74, 6) is 1.91. The van der Waals surface area contributed by atoms with Crippen molar-refractivity contribution in [2.45, 2.75) is 26.7 Å². The third kappa shape index (κ3) is 2.20. The van der Waals surface area contributed by atoms with E-state index < -0.39 is 0 Å². The molecule has 0 spiro atoms. The summed E-state index contributed by atoms with van der Waals surface area (Å²) in [5.41, 5.74) is 8.72. The Balaban J connectivity index is 2.13. The lowest BCUT2D eigenvalue weighted by atomic mass is 10.2. The van der Waals surface area contributed by atoms with E-state index in [-0.39, 0.29) is 0 Å². The molecular formula is C14H19N5. The lowest BCUT2D eigenvalue weighted by Crippen LogP contribution is -2.21. The molecule has 1 fully saturated rings. The normalized spacial score (nSPS) is 19.3. The van der Waals surface area contributed by atoms with Crippen molar-refractivity contribution in [3.8, 4) is 0 Å². The molecule has 2 aromatic heterocycles. The fourth-order valence-corrected chi connectivity index (χ4v) is 2.60. The summed E-state index contributed by atoms with van der Waals surface area (Å²) in [7, 11) is 0. The molecule has 0 bridgehead atoms. The van der Waals surface area contributed by atoms with Gasteiger partial charge < -0.3 is 10.6 Å². The molecule has 5 heteroatoms. The number of anilines is 2. The highest BCUT2D eigenvalue weighted by molar-refractivity contribution is 5.87. The molecule has 3 rings (SSSR count). The van der Waals surface area contributed by atoms with E-state index in [2.05, 4.69) is 39.8 Å². The Morgan fingerprint density at radius 2 is 2.26 bits per heavy atom. The molecule has 19 heavy (non-hydrogen) atoms. The maximum atomic E-state index is 5.84. The standard InChI is InChI=1S/C14H19N5/c1-3-10-6-11-12(16-7-10)13(18-14(15)17-11)19-5-4-9(2)8-19/h6-7,9H,3-5,8H2,1-2H3,(H2,15,17,18). The Hall–Kier alpha value is -1.91. The van der Waals surface area contributed by atoms with Crippen LogP contribution in [0.4, 0.5) is 11.8 Å². The van der Waals surface area contributed by atoms with Gasteiger partial charge in [0.05, 0.1) is 5.52 Å². The number of aryl methyl sites for hydroxylation is 1. The van der Waals surface area contributed by atoms with E-state index in [0.717, 1.165) is 36.4 Å². The van der Waals surface area contributed by atoms with Crippen molar-refractivity contribution in [3.05, 3.63) is 17.8 Å². The second-order valence-corrected chi connectivity index (χ2v) is 5.31. The van der Waals surface area contributed by atoms with Crippen molar-refractivity contribution >= 4 is 22.8 Å². The minimum atomic E-state index is 0.331. The molecule has 0 aliphatic carbocycles. The molecule has 3 heterocycles. The topological polar surface area (TPSA) is 67.9 Å². The van der Waals surface area contributed by atoms with Crippen LogP contribution in [0.5, 0.6) is 0 Å². The first-order valence-corrected chi connectivity index (χ1v) is 6.84. The van der Waals surface area contributed by atoms with Gasteiger partial charge in [0.2, 0.25) is 5.95 Å². The van der Waals surface area contributed by atoms with Crippen molar-refractivity contribution in [3.63, 3.8) is 0 Å². The molecule has 5 nitrogen and oxygen atoms in total. The van der Waals surface area contributed by atoms with Crippen LogP contribution in [0.25, 0.3) is 11.0 Å². The van der Waals surface area contributed by atoms with Crippen LogP contribution in [0.1, 0.15) is 25.8 Å². The van der Waals surface area contributed by atoms with Gasteiger partial charge in [-0.2, -0.15) is 4.98 Å². The van der Waals surface area contributed by atoms with Crippen LogP contribution < -0.4 is 10.6 Å². The quantitative estimate of drug-likeness (QED) is 0.891. The Kier molecular flexibility index (Phi) is 2.97. The van der Waals surface area contributed by atoms with Gasteiger partial charge >= 0.3 is 0 Å². The van der Waals surface area contributed by atoms with E-state index in [1.165, 1.54) is 12.0 Å². The van der Waals surface area contributed by atoms with Crippen LogP contribution in [0.3, 0.4) is 0 Å². The average Bonchev–Trinajstić information content (AvgIpc) is 2.83. The Morgan fingerprint density at radius 3 is 2.95 bits per heavy atom. The number of rotatable bonds is 2. The molecule has 1 aliphatic rings. The summed E-state index contributed by atoms with van der Waals surface area (Å²) in [6, 6.07) is 2.06. The SMILES string of the molecule is CCc1cnc2c(N3CCC(C)C3)nc(N)nc2c1. The average molecular weight is 257 g/mol. The monoisotopic (exact) mass is 257 g/mol. The minimum absolute atomic E-state index is 0.331. The van der Waals surface area contributed by atoms with Gasteiger partial charge in [0.25, 0.3) is 0 Å². The van der Waals surface area contributed by atoms with E-state index >= 15 is 0 Å².